The van der Waals surface area contributed by atoms with Crippen LogP contribution in [0.3, 0.4) is 0 Å². The van der Waals surface area contributed by atoms with E-state index in [-0.39, 0.29) is 6.10 Å². The van der Waals surface area contributed by atoms with E-state index in [1.165, 1.54) is 5.56 Å². The number of rotatable bonds is 2. The topological polar surface area (TPSA) is 43.4 Å². The molecule has 4 nitrogen and oxygen atoms in total. The van der Waals surface area contributed by atoms with E-state index in [0.717, 1.165) is 42.3 Å². The molecule has 0 radical (unpaired) electrons. The van der Waals surface area contributed by atoms with E-state index in [1.807, 2.05) is 30.5 Å². The molecule has 2 aromatic rings. The Morgan fingerprint density at radius 2 is 1.87 bits per heavy atom. The van der Waals surface area contributed by atoms with E-state index in [4.69, 9.17) is 21.1 Å². The van der Waals surface area contributed by atoms with Gasteiger partial charge in [-0.1, -0.05) is 23.7 Å². The normalized spacial score (nSPS) is 21.2. The monoisotopic (exact) mass is 330 g/mol. The Balaban J connectivity index is 1.59. The Labute approximate surface area is 140 Å². The number of nitrogens with one attached hydrogen (secondary N) is 1. The molecule has 23 heavy (non-hydrogen) atoms. The van der Waals surface area contributed by atoms with Crippen molar-refractivity contribution in [2.75, 3.05) is 19.7 Å². The van der Waals surface area contributed by atoms with Gasteiger partial charge in [0.1, 0.15) is 6.61 Å². The lowest BCUT2D eigenvalue weighted by atomic mass is 9.90. The van der Waals surface area contributed by atoms with Gasteiger partial charge in [0, 0.05) is 16.8 Å². The highest BCUT2D eigenvalue weighted by molar-refractivity contribution is 6.30. The SMILES string of the molecule is Clc1ccc([C@@H]2COc3c(C4CCNCC4)ccnc3O2)cc1. The lowest BCUT2D eigenvalue weighted by Crippen LogP contribution is -2.28. The van der Waals surface area contributed by atoms with Gasteiger partial charge in [0.2, 0.25) is 0 Å². The van der Waals surface area contributed by atoms with Crippen LogP contribution in [-0.4, -0.2) is 24.7 Å². The maximum absolute atomic E-state index is 6.09. The minimum atomic E-state index is -0.143. The lowest BCUT2D eigenvalue weighted by molar-refractivity contribution is 0.0833. The first-order chi connectivity index (χ1) is 11.3. The minimum Gasteiger partial charge on any atom is -0.483 e. The maximum atomic E-state index is 6.09. The summed E-state index contributed by atoms with van der Waals surface area (Å²) >= 11 is 5.95. The van der Waals surface area contributed by atoms with E-state index in [2.05, 4.69) is 16.4 Å². The second-order valence-corrected chi connectivity index (χ2v) is 6.46. The van der Waals surface area contributed by atoms with Crippen molar-refractivity contribution in [2.45, 2.75) is 24.9 Å². The van der Waals surface area contributed by atoms with Crippen LogP contribution in [0, 0.1) is 0 Å². The van der Waals surface area contributed by atoms with E-state index < -0.39 is 0 Å². The Kier molecular flexibility index (Phi) is 4.10. The number of ether oxygens (including phenoxy) is 2. The first-order valence-electron chi connectivity index (χ1n) is 8.06. The van der Waals surface area contributed by atoms with Crippen LogP contribution in [0.5, 0.6) is 11.6 Å². The zero-order chi connectivity index (χ0) is 15.6. The molecule has 4 rings (SSSR count). The summed E-state index contributed by atoms with van der Waals surface area (Å²) in [4.78, 5) is 4.38. The van der Waals surface area contributed by atoms with Crippen LogP contribution in [0.1, 0.15) is 36.0 Å². The van der Waals surface area contributed by atoms with Gasteiger partial charge in [-0.3, -0.25) is 0 Å². The standard InChI is InChI=1S/C18H19ClN2O2/c19-14-3-1-13(2-4-14)16-11-22-17-15(7-10-21-18(17)23-16)12-5-8-20-9-6-12/h1-4,7,10,12,16,20H,5-6,8-9,11H2/t16-/m0/s1. The van der Waals surface area contributed by atoms with Gasteiger partial charge in [0.25, 0.3) is 5.88 Å². The predicted octanol–water partition coefficient (Wildman–Crippen LogP) is 3.71. The maximum Gasteiger partial charge on any atom is 0.258 e. The molecule has 120 valence electrons. The average Bonchev–Trinajstić information content (AvgIpc) is 2.62. The number of aromatic nitrogens is 1. The lowest BCUT2D eigenvalue weighted by Gasteiger charge is -2.30. The van der Waals surface area contributed by atoms with Gasteiger partial charge >= 0.3 is 0 Å². The fraction of sp³-hybridized carbons (Fsp3) is 0.389. The molecule has 0 amide bonds. The number of pyridine rings is 1. The van der Waals surface area contributed by atoms with Crippen LogP contribution in [0.15, 0.2) is 36.5 Å². The molecular formula is C18H19ClN2O2. The molecule has 1 aromatic carbocycles. The molecule has 1 fully saturated rings. The summed E-state index contributed by atoms with van der Waals surface area (Å²) in [7, 11) is 0. The van der Waals surface area contributed by atoms with Gasteiger partial charge in [-0.15, -0.1) is 0 Å². The summed E-state index contributed by atoms with van der Waals surface area (Å²) in [5.41, 5.74) is 2.28. The third kappa shape index (κ3) is 3.01. The molecule has 0 bridgehead atoms. The van der Waals surface area contributed by atoms with Crippen LogP contribution in [0.2, 0.25) is 5.02 Å². The van der Waals surface area contributed by atoms with Crippen LogP contribution >= 0.6 is 11.6 Å². The second kappa shape index (κ2) is 6.38. The summed E-state index contributed by atoms with van der Waals surface area (Å²) in [6, 6.07) is 9.75. The molecule has 1 N–H and O–H groups in total. The van der Waals surface area contributed by atoms with Gasteiger partial charge in [-0.25, -0.2) is 4.98 Å². The summed E-state index contributed by atoms with van der Waals surface area (Å²) in [5.74, 6) is 1.94. The number of halogens is 1. The van der Waals surface area contributed by atoms with E-state index >= 15 is 0 Å². The molecule has 0 unspecified atom stereocenters. The van der Waals surface area contributed by atoms with Crippen molar-refractivity contribution in [2.24, 2.45) is 0 Å². The van der Waals surface area contributed by atoms with Crippen LogP contribution in [0.25, 0.3) is 0 Å². The molecule has 2 aliphatic heterocycles. The third-order valence-electron chi connectivity index (χ3n) is 4.56. The van der Waals surface area contributed by atoms with Crippen LogP contribution < -0.4 is 14.8 Å². The molecule has 1 saturated heterocycles. The van der Waals surface area contributed by atoms with Gasteiger partial charge in [0.15, 0.2) is 11.9 Å². The van der Waals surface area contributed by atoms with Crippen molar-refractivity contribution >= 4 is 11.6 Å². The molecule has 5 heteroatoms. The summed E-state index contributed by atoms with van der Waals surface area (Å²) in [6.07, 6.45) is 3.93. The van der Waals surface area contributed by atoms with Crippen molar-refractivity contribution in [1.82, 2.24) is 10.3 Å². The fourth-order valence-corrected chi connectivity index (χ4v) is 3.42. The van der Waals surface area contributed by atoms with Gasteiger partial charge in [0.05, 0.1) is 0 Å². The van der Waals surface area contributed by atoms with Crippen LogP contribution in [-0.2, 0) is 0 Å². The Bertz CT molecular complexity index is 684. The molecule has 1 atom stereocenters. The molecule has 0 saturated carbocycles. The number of benzene rings is 1. The van der Waals surface area contributed by atoms with Crippen molar-refractivity contribution in [3.63, 3.8) is 0 Å². The molecular weight excluding hydrogens is 312 g/mol. The van der Waals surface area contributed by atoms with Crippen molar-refractivity contribution < 1.29 is 9.47 Å². The molecule has 1 aromatic heterocycles. The largest absolute Gasteiger partial charge is 0.483 e. The van der Waals surface area contributed by atoms with E-state index in [9.17, 15) is 0 Å². The quantitative estimate of drug-likeness (QED) is 0.911. The number of hydrogen-bond donors (Lipinski definition) is 1. The Morgan fingerprint density at radius 3 is 2.65 bits per heavy atom. The van der Waals surface area contributed by atoms with Crippen molar-refractivity contribution in [3.8, 4) is 11.6 Å². The minimum absolute atomic E-state index is 0.143. The number of fused-ring (bicyclic) bond motifs is 1. The number of piperidine rings is 1. The number of hydrogen-bond acceptors (Lipinski definition) is 4. The van der Waals surface area contributed by atoms with E-state index in [0.29, 0.717) is 18.4 Å². The zero-order valence-corrected chi connectivity index (χ0v) is 13.6. The summed E-state index contributed by atoms with van der Waals surface area (Å²) in [5, 5.41) is 4.12. The highest BCUT2D eigenvalue weighted by Gasteiger charge is 2.29. The number of nitrogens with zero attached hydrogens (tertiary/aromatic N) is 1. The van der Waals surface area contributed by atoms with E-state index in [1.54, 1.807) is 0 Å². The molecule has 0 spiro atoms. The average molecular weight is 331 g/mol. The second-order valence-electron chi connectivity index (χ2n) is 6.03. The van der Waals surface area contributed by atoms with Gasteiger partial charge in [-0.2, -0.15) is 0 Å². The predicted molar refractivity (Wildman–Crippen MR) is 89.4 cm³/mol. The van der Waals surface area contributed by atoms with Crippen molar-refractivity contribution in [3.05, 3.63) is 52.7 Å². The summed E-state index contributed by atoms with van der Waals surface area (Å²) < 4.78 is 12.2. The Morgan fingerprint density at radius 1 is 1.09 bits per heavy atom. The first kappa shape index (κ1) is 14.8. The first-order valence-corrected chi connectivity index (χ1v) is 8.43. The Hall–Kier alpha value is -1.78. The highest BCUT2D eigenvalue weighted by Crippen LogP contribution is 2.42. The van der Waals surface area contributed by atoms with Gasteiger partial charge < -0.3 is 14.8 Å². The molecule has 2 aliphatic rings. The summed E-state index contributed by atoms with van der Waals surface area (Å²) in [6.45, 7) is 2.60. The molecule has 3 heterocycles. The van der Waals surface area contributed by atoms with Crippen molar-refractivity contribution in [1.29, 1.82) is 0 Å². The third-order valence-corrected chi connectivity index (χ3v) is 4.81. The fourth-order valence-electron chi connectivity index (χ4n) is 3.30. The smallest absolute Gasteiger partial charge is 0.258 e. The molecule has 0 aliphatic carbocycles. The van der Waals surface area contributed by atoms with Gasteiger partial charge in [-0.05, 0) is 55.6 Å². The highest BCUT2D eigenvalue weighted by atomic mass is 35.5. The van der Waals surface area contributed by atoms with Crippen LogP contribution in [0.4, 0.5) is 0 Å². The zero-order valence-electron chi connectivity index (χ0n) is 12.8.